The van der Waals surface area contributed by atoms with Crippen LogP contribution in [0.1, 0.15) is 30.9 Å². The molecule has 4 rings (SSSR count). The molecule has 0 aliphatic carbocycles. The Balaban J connectivity index is 2.01. The van der Waals surface area contributed by atoms with Crippen molar-refractivity contribution < 1.29 is 0 Å². The predicted octanol–water partition coefficient (Wildman–Crippen LogP) is 6.99. The molecule has 0 spiro atoms. The van der Waals surface area contributed by atoms with Gasteiger partial charge in [-0.2, -0.15) is 0 Å². The number of halogens is 1. The van der Waals surface area contributed by atoms with Crippen molar-refractivity contribution in [3.8, 4) is 0 Å². The minimum atomic E-state index is -3.25. The van der Waals surface area contributed by atoms with E-state index in [0.717, 1.165) is 6.16 Å². The number of benzene rings is 4. The second-order valence-corrected chi connectivity index (χ2v) is 14.7. The van der Waals surface area contributed by atoms with Crippen LogP contribution in [-0.4, -0.2) is 0 Å². The van der Waals surface area contributed by atoms with Crippen LogP contribution >= 0.6 is 17.2 Å². The van der Waals surface area contributed by atoms with Gasteiger partial charge in [0, 0.05) is 0 Å². The first kappa shape index (κ1) is 20.9. The third kappa shape index (κ3) is 3.60. The van der Waals surface area contributed by atoms with Gasteiger partial charge in [-0.15, -0.1) is 0 Å². The molecule has 0 unspecified atom stereocenters. The Morgan fingerprint density at radius 3 is 1.27 bits per heavy atom. The van der Waals surface area contributed by atoms with Crippen LogP contribution in [0.5, 0.6) is 0 Å². The van der Waals surface area contributed by atoms with E-state index in [9.17, 15) is 0 Å². The molecule has 2 heteroatoms. The summed E-state index contributed by atoms with van der Waals surface area (Å²) in [5.41, 5.74) is 2.62. The van der Waals surface area contributed by atoms with E-state index in [1.807, 2.05) is 0 Å². The molecule has 30 heavy (non-hydrogen) atoms. The van der Waals surface area contributed by atoms with Crippen molar-refractivity contribution in [2.45, 2.75) is 25.9 Å². The Morgan fingerprint density at radius 1 is 0.567 bits per heavy atom. The number of hydrogen-bond donors (Lipinski definition) is 0. The van der Waals surface area contributed by atoms with Crippen molar-refractivity contribution in [3.63, 3.8) is 0 Å². The molecule has 0 bridgehead atoms. The first-order chi connectivity index (χ1) is 14.5. The number of rotatable bonds is 6. The molecule has 0 atom stereocenters. The first-order valence-corrected chi connectivity index (χ1v) is 13.8. The summed E-state index contributed by atoms with van der Waals surface area (Å²) in [5, 5.41) is 3.61. The molecule has 4 aromatic carbocycles. The van der Waals surface area contributed by atoms with Crippen LogP contribution in [0.25, 0.3) is 0 Å². The molecule has 0 heterocycles. The monoisotopic (exact) mass is 430 g/mol. The van der Waals surface area contributed by atoms with Crippen molar-refractivity contribution in [3.05, 3.63) is 126 Å². The average Bonchev–Trinajstić information content (AvgIpc) is 2.81. The second-order valence-electron chi connectivity index (χ2n) is 8.24. The quantitative estimate of drug-likeness (QED) is 0.289. The average molecular weight is 431 g/mol. The van der Waals surface area contributed by atoms with Crippen LogP contribution in [0.4, 0.5) is 0 Å². The normalized spacial score (nSPS) is 13.0. The van der Waals surface area contributed by atoms with Gasteiger partial charge in [-0.1, -0.05) is 0 Å². The van der Waals surface area contributed by atoms with E-state index in [1.165, 1.54) is 27.0 Å². The molecule has 0 saturated heterocycles. The summed E-state index contributed by atoms with van der Waals surface area (Å²) >= 11 is 8.14. The Bertz CT molecular complexity index is 988. The van der Waals surface area contributed by atoms with Gasteiger partial charge >= 0.3 is 185 Å². The van der Waals surface area contributed by atoms with Crippen LogP contribution in [-0.2, 0) is 6.16 Å². The van der Waals surface area contributed by atoms with Crippen LogP contribution in [0.2, 0.25) is 0 Å². The molecule has 0 nitrogen and oxygen atoms in total. The molecular formula is C28H28ClP. The second kappa shape index (κ2) is 8.38. The summed E-state index contributed by atoms with van der Waals surface area (Å²) in [7, 11) is 0. The van der Waals surface area contributed by atoms with Crippen LogP contribution < -0.4 is 15.9 Å². The van der Waals surface area contributed by atoms with E-state index in [1.54, 1.807) is 0 Å². The number of hydrogen-bond acceptors (Lipinski definition) is 0. The van der Waals surface area contributed by atoms with E-state index in [-0.39, 0.29) is 0 Å². The summed E-state index contributed by atoms with van der Waals surface area (Å²) < 4.78 is 0. The summed E-state index contributed by atoms with van der Waals surface area (Å²) in [5.74, 6) is -2.74. The minimum absolute atomic E-state index is 0.516. The first-order valence-electron chi connectivity index (χ1n) is 10.5. The fourth-order valence-electron chi connectivity index (χ4n) is 4.29. The van der Waals surface area contributed by atoms with E-state index in [4.69, 9.17) is 11.2 Å². The molecule has 0 amide bonds. The molecule has 0 N–H and O–H groups in total. The van der Waals surface area contributed by atoms with E-state index in [2.05, 4.69) is 129 Å². The van der Waals surface area contributed by atoms with Gasteiger partial charge in [0.25, 0.3) is 0 Å². The van der Waals surface area contributed by atoms with Crippen molar-refractivity contribution in [1.29, 1.82) is 0 Å². The Hall–Kier alpha value is -2.40. The Labute approximate surface area is 185 Å². The van der Waals surface area contributed by atoms with Crippen molar-refractivity contribution in [2.24, 2.45) is 0 Å². The molecule has 0 aliphatic heterocycles. The fraction of sp³-hybridized carbons (Fsp3) is 0.143. The maximum absolute atomic E-state index is 8.14. The van der Waals surface area contributed by atoms with E-state index < -0.39 is 5.96 Å². The summed E-state index contributed by atoms with van der Waals surface area (Å²) in [6.07, 6.45) is 0.781. The molecule has 4 aromatic rings. The summed E-state index contributed by atoms with van der Waals surface area (Å²) in [6, 6.07) is 41.0. The molecule has 0 aliphatic rings. The van der Waals surface area contributed by atoms with Crippen LogP contribution in [0.15, 0.2) is 115 Å². The van der Waals surface area contributed by atoms with Crippen LogP contribution in [0.3, 0.4) is 0 Å². The Morgan fingerprint density at radius 2 is 0.933 bits per heavy atom. The third-order valence-corrected chi connectivity index (χ3v) is 13.2. The molecule has 0 fully saturated rings. The van der Waals surface area contributed by atoms with Gasteiger partial charge in [0.15, 0.2) is 0 Å². The van der Waals surface area contributed by atoms with Crippen LogP contribution in [0, 0.1) is 0 Å². The molecule has 0 radical (unpaired) electrons. The van der Waals surface area contributed by atoms with Gasteiger partial charge in [0.05, 0.1) is 0 Å². The van der Waals surface area contributed by atoms with Gasteiger partial charge in [-0.25, -0.2) is 0 Å². The predicted molar refractivity (Wildman–Crippen MR) is 135 cm³/mol. The summed E-state index contributed by atoms with van der Waals surface area (Å²) in [6.45, 7) is 4.46. The standard InChI is InChI=1S/C28H28ClP/c1-23(2)25-20-18-24(19-21-25)22-30(29,26-12-6-3-7-13-26,27-14-8-4-9-15-27)28-16-10-5-11-17-28/h3-21,23H,22H2,1-2H3. The molecular weight excluding hydrogens is 403 g/mol. The zero-order valence-corrected chi connectivity index (χ0v) is 19.2. The van der Waals surface area contributed by atoms with Gasteiger partial charge in [-0.05, 0) is 0 Å². The zero-order valence-electron chi connectivity index (χ0n) is 17.6. The fourth-order valence-corrected chi connectivity index (χ4v) is 10.4. The van der Waals surface area contributed by atoms with Gasteiger partial charge in [0.2, 0.25) is 0 Å². The van der Waals surface area contributed by atoms with Gasteiger partial charge < -0.3 is 0 Å². The molecule has 152 valence electrons. The van der Waals surface area contributed by atoms with Crippen molar-refractivity contribution >= 4 is 33.1 Å². The Kier molecular flexibility index (Phi) is 5.83. The SMILES string of the molecule is CC(C)c1ccc(CP(Cl)(c2ccccc2)(c2ccccc2)c2ccccc2)cc1. The van der Waals surface area contributed by atoms with Gasteiger partial charge in [-0.3, -0.25) is 0 Å². The van der Waals surface area contributed by atoms with Crippen molar-refractivity contribution in [2.75, 3.05) is 0 Å². The topological polar surface area (TPSA) is 0 Å². The molecule has 0 saturated carbocycles. The maximum atomic E-state index is 8.14. The summed E-state index contributed by atoms with van der Waals surface area (Å²) in [4.78, 5) is 0. The van der Waals surface area contributed by atoms with Gasteiger partial charge in [0.1, 0.15) is 0 Å². The van der Waals surface area contributed by atoms with E-state index in [0.29, 0.717) is 5.92 Å². The molecule has 0 aromatic heterocycles. The van der Waals surface area contributed by atoms with E-state index >= 15 is 0 Å². The third-order valence-electron chi connectivity index (χ3n) is 6.01. The van der Waals surface area contributed by atoms with Crippen molar-refractivity contribution in [1.82, 2.24) is 0 Å². The zero-order chi connectivity index (χ0) is 21.1.